The highest BCUT2D eigenvalue weighted by Gasteiger charge is 2.22. The van der Waals surface area contributed by atoms with E-state index in [1.54, 1.807) is 18.4 Å². The van der Waals surface area contributed by atoms with Crippen LogP contribution in [0.1, 0.15) is 55.3 Å². The zero-order valence-electron chi connectivity index (χ0n) is 17.1. The second-order valence-electron chi connectivity index (χ2n) is 6.89. The lowest BCUT2D eigenvalue weighted by molar-refractivity contribution is 0.211. The first kappa shape index (κ1) is 19.8. The Labute approximate surface area is 165 Å². The van der Waals surface area contributed by atoms with Gasteiger partial charge in [-0.25, -0.2) is 14.5 Å². The van der Waals surface area contributed by atoms with Gasteiger partial charge in [0.15, 0.2) is 10.8 Å². The lowest BCUT2D eigenvalue weighted by Crippen LogP contribution is -2.06. The molecule has 0 amide bonds. The van der Waals surface area contributed by atoms with Crippen molar-refractivity contribution in [1.29, 1.82) is 0 Å². The Morgan fingerprint density at radius 3 is 2.56 bits per heavy atom. The van der Waals surface area contributed by atoms with Gasteiger partial charge < -0.3 is 10.1 Å². The molecule has 0 aliphatic carbocycles. The molecule has 3 rings (SSSR count). The fourth-order valence-corrected chi connectivity index (χ4v) is 4.59. The standard InChI is InChI=1S/C20H29N5OS/c1-7-15(8-2)16-11-12(3)24-25-17(13(4)22-19(16)25)18-14(5)23-20(27-18)21-9-10-26-6/h11,15H,7-10H2,1-6H3,(H,21,23). The van der Waals surface area contributed by atoms with Crippen molar-refractivity contribution in [3.05, 3.63) is 28.7 Å². The Morgan fingerprint density at radius 1 is 1.15 bits per heavy atom. The number of hydrogen-bond donors (Lipinski definition) is 1. The molecule has 0 unspecified atom stereocenters. The molecule has 3 heterocycles. The number of fused-ring (bicyclic) bond motifs is 1. The number of aromatic nitrogens is 4. The molecule has 0 saturated carbocycles. The molecule has 0 aliphatic rings. The topological polar surface area (TPSA) is 64.3 Å². The van der Waals surface area contributed by atoms with Crippen LogP contribution in [0.2, 0.25) is 0 Å². The van der Waals surface area contributed by atoms with Crippen LogP contribution >= 0.6 is 11.3 Å². The fourth-order valence-electron chi connectivity index (χ4n) is 3.52. The SMILES string of the molecule is CCC(CC)c1cc(C)nn2c(-c3sc(NCCOC)nc3C)c(C)nc12. The Balaban J connectivity index is 2.12. The van der Waals surface area contributed by atoms with Crippen molar-refractivity contribution >= 4 is 22.1 Å². The summed E-state index contributed by atoms with van der Waals surface area (Å²) in [4.78, 5) is 10.7. The molecule has 0 radical (unpaired) electrons. The fraction of sp³-hybridized carbons (Fsp3) is 0.550. The number of methoxy groups -OCH3 is 1. The van der Waals surface area contributed by atoms with E-state index in [4.69, 9.17) is 14.8 Å². The molecule has 0 fully saturated rings. The second kappa shape index (κ2) is 8.35. The summed E-state index contributed by atoms with van der Waals surface area (Å²) in [6, 6.07) is 2.19. The van der Waals surface area contributed by atoms with Crippen LogP contribution in [0.4, 0.5) is 5.13 Å². The highest BCUT2D eigenvalue weighted by molar-refractivity contribution is 7.19. The maximum Gasteiger partial charge on any atom is 0.183 e. The average molecular weight is 388 g/mol. The molecule has 7 heteroatoms. The van der Waals surface area contributed by atoms with Crippen LogP contribution in [0.5, 0.6) is 0 Å². The maximum absolute atomic E-state index is 5.11. The van der Waals surface area contributed by atoms with E-state index in [-0.39, 0.29) is 0 Å². The molecule has 6 nitrogen and oxygen atoms in total. The van der Waals surface area contributed by atoms with Crippen molar-refractivity contribution in [1.82, 2.24) is 19.6 Å². The van der Waals surface area contributed by atoms with Crippen LogP contribution in [-0.2, 0) is 4.74 Å². The van der Waals surface area contributed by atoms with Crippen LogP contribution in [0.15, 0.2) is 6.07 Å². The van der Waals surface area contributed by atoms with Gasteiger partial charge in [0.1, 0.15) is 5.69 Å². The molecule has 0 atom stereocenters. The van der Waals surface area contributed by atoms with Crippen molar-refractivity contribution in [2.75, 3.05) is 25.6 Å². The monoisotopic (exact) mass is 387 g/mol. The van der Waals surface area contributed by atoms with Crippen molar-refractivity contribution < 1.29 is 4.74 Å². The largest absolute Gasteiger partial charge is 0.383 e. The summed E-state index contributed by atoms with van der Waals surface area (Å²) in [5.41, 5.74) is 6.33. The number of nitrogens with zero attached hydrogens (tertiary/aromatic N) is 4. The molecule has 146 valence electrons. The molecular weight excluding hydrogens is 358 g/mol. The first-order valence-corrected chi connectivity index (χ1v) is 10.4. The Morgan fingerprint density at radius 2 is 1.89 bits per heavy atom. The molecule has 0 saturated heterocycles. The van der Waals surface area contributed by atoms with Crippen LogP contribution in [0, 0.1) is 20.8 Å². The van der Waals surface area contributed by atoms with Crippen molar-refractivity contribution in [2.45, 2.75) is 53.4 Å². The molecule has 0 aromatic carbocycles. The van der Waals surface area contributed by atoms with Gasteiger partial charge in [0.2, 0.25) is 0 Å². The third-order valence-electron chi connectivity index (χ3n) is 4.93. The van der Waals surface area contributed by atoms with Crippen LogP contribution < -0.4 is 5.32 Å². The number of rotatable bonds is 8. The van der Waals surface area contributed by atoms with Gasteiger partial charge in [0.05, 0.1) is 28.6 Å². The van der Waals surface area contributed by atoms with E-state index in [0.29, 0.717) is 12.5 Å². The number of ether oxygens (including phenoxy) is 1. The summed E-state index contributed by atoms with van der Waals surface area (Å²) < 4.78 is 7.14. The number of anilines is 1. The summed E-state index contributed by atoms with van der Waals surface area (Å²) in [7, 11) is 1.70. The average Bonchev–Trinajstić information content (AvgIpc) is 3.15. The second-order valence-corrected chi connectivity index (χ2v) is 7.89. The van der Waals surface area contributed by atoms with E-state index < -0.39 is 0 Å². The highest BCUT2D eigenvalue weighted by Crippen LogP contribution is 2.36. The van der Waals surface area contributed by atoms with Crippen LogP contribution in [-0.4, -0.2) is 39.8 Å². The van der Waals surface area contributed by atoms with Gasteiger partial charge in [0.25, 0.3) is 0 Å². The first-order valence-electron chi connectivity index (χ1n) is 9.57. The molecule has 27 heavy (non-hydrogen) atoms. The Hall–Kier alpha value is -1.99. The van der Waals surface area contributed by atoms with E-state index in [1.807, 2.05) is 11.4 Å². The van der Waals surface area contributed by atoms with Gasteiger partial charge >= 0.3 is 0 Å². The van der Waals surface area contributed by atoms with Gasteiger partial charge in [-0.1, -0.05) is 25.2 Å². The quantitative estimate of drug-likeness (QED) is 0.566. The van der Waals surface area contributed by atoms with Gasteiger partial charge in [0, 0.05) is 19.2 Å². The third-order valence-corrected chi connectivity index (χ3v) is 6.05. The summed E-state index contributed by atoms with van der Waals surface area (Å²) >= 11 is 1.65. The zero-order valence-corrected chi connectivity index (χ0v) is 17.9. The van der Waals surface area contributed by atoms with Gasteiger partial charge in [-0.2, -0.15) is 5.10 Å². The maximum atomic E-state index is 5.11. The minimum absolute atomic E-state index is 0.498. The van der Waals surface area contributed by atoms with Gasteiger partial charge in [-0.15, -0.1) is 0 Å². The van der Waals surface area contributed by atoms with E-state index >= 15 is 0 Å². The lowest BCUT2D eigenvalue weighted by Gasteiger charge is -2.14. The number of nitrogens with one attached hydrogen (secondary N) is 1. The summed E-state index contributed by atoms with van der Waals surface area (Å²) in [6.45, 7) is 12.0. The van der Waals surface area contributed by atoms with Crippen LogP contribution in [0.3, 0.4) is 0 Å². The number of aryl methyl sites for hydroxylation is 3. The molecule has 0 spiro atoms. The van der Waals surface area contributed by atoms with Gasteiger partial charge in [-0.05, 0) is 45.6 Å². The first-order chi connectivity index (χ1) is 13.0. The van der Waals surface area contributed by atoms with E-state index in [1.165, 1.54) is 5.56 Å². The summed E-state index contributed by atoms with van der Waals surface area (Å²) in [6.07, 6.45) is 2.20. The molecular formula is C20H29N5OS. The predicted octanol–water partition coefficient (Wildman–Crippen LogP) is 4.74. The molecule has 0 aliphatic heterocycles. The minimum Gasteiger partial charge on any atom is -0.383 e. The number of hydrogen-bond acceptors (Lipinski definition) is 6. The molecule has 0 bridgehead atoms. The summed E-state index contributed by atoms with van der Waals surface area (Å²) in [5, 5.41) is 9.04. The smallest absolute Gasteiger partial charge is 0.183 e. The molecule has 3 aromatic rings. The predicted molar refractivity (Wildman–Crippen MR) is 112 cm³/mol. The number of thiazole rings is 1. The molecule has 3 aromatic heterocycles. The van der Waals surface area contributed by atoms with Crippen LogP contribution in [0.25, 0.3) is 16.2 Å². The van der Waals surface area contributed by atoms with E-state index in [2.05, 4.69) is 44.1 Å². The van der Waals surface area contributed by atoms with E-state index in [9.17, 15) is 0 Å². The number of imidazole rings is 1. The highest BCUT2D eigenvalue weighted by atomic mass is 32.1. The lowest BCUT2D eigenvalue weighted by atomic mass is 9.95. The van der Waals surface area contributed by atoms with Crippen molar-refractivity contribution in [2.24, 2.45) is 0 Å². The summed E-state index contributed by atoms with van der Waals surface area (Å²) in [5.74, 6) is 0.498. The molecule has 1 N–H and O–H groups in total. The van der Waals surface area contributed by atoms with Crippen molar-refractivity contribution in [3.63, 3.8) is 0 Å². The van der Waals surface area contributed by atoms with E-state index in [0.717, 1.165) is 57.8 Å². The third kappa shape index (κ3) is 3.84. The van der Waals surface area contributed by atoms with Crippen molar-refractivity contribution in [3.8, 4) is 10.6 Å². The zero-order chi connectivity index (χ0) is 19.6. The Kier molecular flexibility index (Phi) is 6.11. The normalized spacial score (nSPS) is 11.7. The minimum atomic E-state index is 0.498. The van der Waals surface area contributed by atoms with Gasteiger partial charge in [-0.3, -0.25) is 0 Å². The Bertz CT molecular complexity index is 926.